The van der Waals surface area contributed by atoms with Crippen LogP contribution in [0.25, 0.3) is 6.08 Å². The van der Waals surface area contributed by atoms with E-state index in [2.05, 4.69) is 21.2 Å². The van der Waals surface area contributed by atoms with E-state index in [1.807, 2.05) is 31.2 Å². The van der Waals surface area contributed by atoms with E-state index in [0.717, 1.165) is 34.2 Å². The second-order valence-electron chi connectivity index (χ2n) is 8.32. The summed E-state index contributed by atoms with van der Waals surface area (Å²) in [7, 11) is 1.52. The number of halogens is 2. The van der Waals surface area contributed by atoms with Gasteiger partial charge in [-0.15, -0.1) is 0 Å². The highest BCUT2D eigenvalue weighted by molar-refractivity contribution is 9.10. The maximum Gasteiger partial charge on any atom is 0.294 e. The molecule has 1 saturated heterocycles. The fraction of sp³-hybridized carbons (Fsp3) is 0.179. The molecular weight excluding hydrogens is 592 g/mol. The van der Waals surface area contributed by atoms with Gasteiger partial charge in [-0.05, 0) is 93.3 Å². The average molecular weight is 616 g/mol. The number of ether oxygens (including phenoxy) is 2. The van der Waals surface area contributed by atoms with Crippen LogP contribution in [0.1, 0.15) is 23.6 Å². The van der Waals surface area contributed by atoms with Crippen LogP contribution >= 0.6 is 39.3 Å². The maximum absolute atomic E-state index is 12.9. The molecule has 4 rings (SSSR count). The first-order valence-corrected chi connectivity index (χ1v) is 13.6. The van der Waals surface area contributed by atoms with E-state index < -0.39 is 17.1 Å². The summed E-state index contributed by atoms with van der Waals surface area (Å²) in [5, 5.41) is 2.86. The highest BCUT2D eigenvalue weighted by Crippen LogP contribution is 2.39. The van der Waals surface area contributed by atoms with Crippen LogP contribution in [0.4, 0.5) is 10.5 Å². The number of nitrogens with zero attached hydrogens (tertiary/aromatic N) is 1. The Bertz CT molecular complexity index is 1390. The Hall–Kier alpha value is -3.27. The van der Waals surface area contributed by atoms with E-state index in [1.165, 1.54) is 7.11 Å². The molecule has 0 aromatic heterocycles. The summed E-state index contributed by atoms with van der Waals surface area (Å²) in [6, 6.07) is 18.2. The largest absolute Gasteiger partial charge is 0.493 e. The first-order chi connectivity index (χ1) is 18.3. The molecule has 1 aliphatic rings. The van der Waals surface area contributed by atoms with Crippen LogP contribution in [-0.4, -0.2) is 35.6 Å². The number of thioether (sulfide) groups is 1. The summed E-state index contributed by atoms with van der Waals surface area (Å²) in [5.41, 5.74) is 3.30. The molecule has 0 atom stereocenters. The molecule has 0 saturated carbocycles. The van der Waals surface area contributed by atoms with Crippen molar-refractivity contribution in [1.29, 1.82) is 0 Å². The zero-order valence-electron chi connectivity index (χ0n) is 20.6. The van der Waals surface area contributed by atoms with E-state index in [9.17, 15) is 14.4 Å². The summed E-state index contributed by atoms with van der Waals surface area (Å²) < 4.78 is 12.1. The summed E-state index contributed by atoms with van der Waals surface area (Å²) >= 11 is 10.2. The molecule has 1 N–H and O–H groups in total. The molecule has 0 unspecified atom stereocenters. The predicted octanol–water partition coefficient (Wildman–Crippen LogP) is 6.93. The topological polar surface area (TPSA) is 84.9 Å². The van der Waals surface area contributed by atoms with Crippen molar-refractivity contribution in [3.05, 3.63) is 91.8 Å². The minimum absolute atomic E-state index is 0.207. The second kappa shape index (κ2) is 12.5. The molecule has 1 fully saturated rings. The molecule has 0 spiro atoms. The van der Waals surface area contributed by atoms with E-state index in [-0.39, 0.29) is 11.4 Å². The third-order valence-corrected chi connectivity index (χ3v) is 7.42. The lowest BCUT2D eigenvalue weighted by molar-refractivity contribution is -0.127. The smallest absolute Gasteiger partial charge is 0.294 e. The lowest BCUT2D eigenvalue weighted by Crippen LogP contribution is -2.36. The van der Waals surface area contributed by atoms with Crippen molar-refractivity contribution >= 4 is 68.1 Å². The summed E-state index contributed by atoms with van der Waals surface area (Å²) in [5.74, 6) is -0.0392. The van der Waals surface area contributed by atoms with Crippen LogP contribution in [0.5, 0.6) is 11.5 Å². The third-order valence-electron chi connectivity index (χ3n) is 5.67. The molecule has 0 radical (unpaired) electrons. The fourth-order valence-electron chi connectivity index (χ4n) is 3.65. The third kappa shape index (κ3) is 6.78. The van der Waals surface area contributed by atoms with Crippen molar-refractivity contribution in [2.45, 2.75) is 20.0 Å². The number of carbonyl (C=O) groups excluding carboxylic acids is 3. The lowest BCUT2D eigenvalue weighted by atomic mass is 10.1. The van der Waals surface area contributed by atoms with Crippen LogP contribution in [0.3, 0.4) is 0 Å². The van der Waals surface area contributed by atoms with Gasteiger partial charge < -0.3 is 14.8 Å². The normalized spacial score (nSPS) is 14.2. The van der Waals surface area contributed by atoms with Crippen LogP contribution in [0.2, 0.25) is 5.02 Å². The highest BCUT2D eigenvalue weighted by atomic mass is 79.9. The van der Waals surface area contributed by atoms with Gasteiger partial charge in [-0.1, -0.05) is 42.8 Å². The molecule has 38 heavy (non-hydrogen) atoms. The van der Waals surface area contributed by atoms with Crippen molar-refractivity contribution in [3.8, 4) is 11.5 Å². The van der Waals surface area contributed by atoms with Gasteiger partial charge >= 0.3 is 0 Å². The number of carbonyl (C=O) groups is 3. The number of anilines is 1. The molecule has 10 heteroatoms. The number of benzene rings is 3. The SMILES string of the molecule is CCc1ccc(NC(=O)CN2C(=O)S/C(=C/c3cc(Br)c(OCc4ccc(Cl)cc4)c(OC)c3)C2=O)cc1. The second-order valence-corrected chi connectivity index (χ2v) is 10.6. The molecule has 1 aliphatic heterocycles. The Morgan fingerprint density at radius 1 is 1.08 bits per heavy atom. The molecular formula is C28H24BrClN2O5S. The molecule has 7 nitrogen and oxygen atoms in total. The number of hydrogen-bond acceptors (Lipinski definition) is 6. The Kier molecular flexibility index (Phi) is 9.14. The first kappa shape index (κ1) is 27.8. The number of methoxy groups -OCH3 is 1. The predicted molar refractivity (Wildman–Crippen MR) is 154 cm³/mol. The summed E-state index contributed by atoms with van der Waals surface area (Å²) in [6.45, 7) is 1.97. The minimum atomic E-state index is -0.533. The fourth-order valence-corrected chi connectivity index (χ4v) is 5.19. The lowest BCUT2D eigenvalue weighted by Gasteiger charge is -2.14. The zero-order valence-corrected chi connectivity index (χ0v) is 23.8. The van der Waals surface area contributed by atoms with Gasteiger partial charge in [0.1, 0.15) is 13.2 Å². The van der Waals surface area contributed by atoms with Crippen molar-refractivity contribution in [1.82, 2.24) is 4.90 Å². The van der Waals surface area contributed by atoms with Crippen molar-refractivity contribution < 1.29 is 23.9 Å². The van der Waals surface area contributed by atoms with E-state index in [0.29, 0.717) is 38.9 Å². The Morgan fingerprint density at radius 3 is 2.42 bits per heavy atom. The van der Waals surface area contributed by atoms with Gasteiger partial charge in [-0.2, -0.15) is 0 Å². The van der Waals surface area contributed by atoms with E-state index in [1.54, 1.807) is 42.5 Å². The number of imide groups is 1. The van der Waals surface area contributed by atoms with Crippen molar-refractivity contribution in [2.75, 3.05) is 19.0 Å². The van der Waals surface area contributed by atoms with Gasteiger partial charge in [0.2, 0.25) is 5.91 Å². The monoisotopic (exact) mass is 614 g/mol. The van der Waals surface area contributed by atoms with Crippen LogP contribution in [-0.2, 0) is 22.6 Å². The van der Waals surface area contributed by atoms with Crippen molar-refractivity contribution in [3.63, 3.8) is 0 Å². The summed E-state index contributed by atoms with van der Waals surface area (Å²) in [4.78, 5) is 39.1. The molecule has 3 aromatic rings. The van der Waals surface area contributed by atoms with Gasteiger partial charge in [0.25, 0.3) is 11.1 Å². The Balaban J connectivity index is 1.44. The molecule has 0 aliphatic carbocycles. The number of rotatable bonds is 9. The Morgan fingerprint density at radius 2 is 1.76 bits per heavy atom. The molecule has 1 heterocycles. The van der Waals surface area contributed by atoms with Gasteiger partial charge in [0.05, 0.1) is 16.5 Å². The van der Waals surface area contributed by atoms with Gasteiger partial charge in [-0.3, -0.25) is 19.3 Å². The first-order valence-electron chi connectivity index (χ1n) is 11.7. The molecule has 196 valence electrons. The van der Waals surface area contributed by atoms with Crippen LogP contribution in [0.15, 0.2) is 70.0 Å². The summed E-state index contributed by atoms with van der Waals surface area (Å²) in [6.07, 6.45) is 2.47. The van der Waals surface area contributed by atoms with E-state index >= 15 is 0 Å². The zero-order chi connectivity index (χ0) is 27.2. The number of aryl methyl sites for hydroxylation is 1. The standard InChI is InChI=1S/C28H24BrClN2O5S/c1-3-17-6-10-21(11-7-17)31-25(33)15-32-27(34)24(38-28(32)35)14-19-12-22(29)26(23(13-19)36-2)37-16-18-4-8-20(30)9-5-18/h4-14H,3,15-16H2,1-2H3,(H,31,33)/b24-14+. The van der Waals surface area contributed by atoms with Crippen LogP contribution in [0, 0.1) is 0 Å². The quantitative estimate of drug-likeness (QED) is 0.263. The molecule has 0 bridgehead atoms. The van der Waals surface area contributed by atoms with Gasteiger partial charge in [0.15, 0.2) is 11.5 Å². The minimum Gasteiger partial charge on any atom is -0.493 e. The van der Waals surface area contributed by atoms with Gasteiger partial charge in [0, 0.05) is 10.7 Å². The van der Waals surface area contributed by atoms with Gasteiger partial charge in [-0.25, -0.2) is 0 Å². The highest BCUT2D eigenvalue weighted by Gasteiger charge is 2.36. The Labute approximate surface area is 238 Å². The maximum atomic E-state index is 12.9. The number of hydrogen-bond donors (Lipinski definition) is 1. The molecule has 3 amide bonds. The van der Waals surface area contributed by atoms with Crippen molar-refractivity contribution in [2.24, 2.45) is 0 Å². The number of amides is 3. The number of nitrogens with one attached hydrogen (secondary N) is 1. The average Bonchev–Trinajstić information content (AvgIpc) is 3.16. The molecule has 3 aromatic carbocycles. The van der Waals surface area contributed by atoms with E-state index in [4.69, 9.17) is 21.1 Å². The van der Waals surface area contributed by atoms with Crippen LogP contribution < -0.4 is 14.8 Å².